The Labute approximate surface area is 115 Å². The van der Waals surface area contributed by atoms with E-state index >= 15 is 0 Å². The molecule has 0 aliphatic rings. The van der Waals surface area contributed by atoms with Crippen LogP contribution in [0.5, 0.6) is 0 Å². The quantitative estimate of drug-likeness (QED) is 0.905. The molecular weight excluding hydrogens is 284 g/mol. The molecule has 1 amide bonds. The van der Waals surface area contributed by atoms with Crippen molar-refractivity contribution in [3.05, 3.63) is 46.7 Å². The second-order valence-electron chi connectivity index (χ2n) is 3.66. The molecule has 0 saturated heterocycles. The minimum Gasteiger partial charge on any atom is -0.354 e. The molecule has 1 heterocycles. The van der Waals surface area contributed by atoms with Gasteiger partial charge >= 0.3 is 0 Å². The van der Waals surface area contributed by atoms with Crippen LogP contribution in [-0.2, 0) is 10.0 Å². The molecule has 5 nitrogen and oxygen atoms in total. The summed E-state index contributed by atoms with van der Waals surface area (Å²) < 4.78 is 26.9. The summed E-state index contributed by atoms with van der Waals surface area (Å²) in [7, 11) is -2.29. The summed E-state index contributed by atoms with van der Waals surface area (Å²) in [5.74, 6) is -0.413. The number of sulfonamides is 1. The first kappa shape index (κ1) is 13.6. The zero-order chi connectivity index (χ0) is 13.9. The highest BCUT2D eigenvalue weighted by Crippen LogP contribution is 2.24. The third-order valence-corrected chi connectivity index (χ3v) is 4.84. The summed E-state index contributed by atoms with van der Waals surface area (Å²) in [5.41, 5.74) is 0.455. The number of thiophene rings is 1. The van der Waals surface area contributed by atoms with Crippen molar-refractivity contribution in [1.82, 2.24) is 5.32 Å². The predicted octanol–water partition coefficient (Wildman–Crippen LogP) is 1.91. The first-order chi connectivity index (χ1) is 9.04. The summed E-state index contributed by atoms with van der Waals surface area (Å²) in [6.07, 6.45) is 0. The van der Waals surface area contributed by atoms with Crippen LogP contribution >= 0.6 is 11.3 Å². The Morgan fingerprint density at radius 3 is 2.47 bits per heavy atom. The maximum Gasteiger partial charge on any atom is 0.263 e. The highest BCUT2D eigenvalue weighted by Gasteiger charge is 2.23. The van der Waals surface area contributed by atoms with Gasteiger partial charge in [-0.05, 0) is 23.6 Å². The molecule has 0 aliphatic carbocycles. The molecule has 100 valence electrons. The molecule has 1 aromatic carbocycles. The first-order valence-electron chi connectivity index (χ1n) is 5.42. The van der Waals surface area contributed by atoms with Gasteiger partial charge in [-0.15, -0.1) is 11.3 Å². The van der Waals surface area contributed by atoms with E-state index in [0.717, 1.165) is 11.3 Å². The van der Waals surface area contributed by atoms with Crippen LogP contribution in [0.1, 0.15) is 9.67 Å². The standard InChI is InChI=1S/C12H12N2O3S2/c1-13-12(15)11-10(7-8-18-11)19(16,17)14-9-5-3-2-4-6-9/h2-8,14H,1H3,(H,13,15). The molecule has 19 heavy (non-hydrogen) atoms. The topological polar surface area (TPSA) is 75.3 Å². The smallest absolute Gasteiger partial charge is 0.263 e. The monoisotopic (exact) mass is 296 g/mol. The molecule has 0 bridgehead atoms. The second-order valence-corrected chi connectivity index (χ2v) is 6.23. The molecule has 2 aromatic rings. The maximum atomic E-state index is 12.2. The van der Waals surface area contributed by atoms with Crippen molar-refractivity contribution >= 4 is 33.0 Å². The van der Waals surface area contributed by atoms with E-state index < -0.39 is 15.9 Å². The number of carbonyl (C=O) groups is 1. The van der Waals surface area contributed by atoms with Crippen molar-refractivity contribution in [1.29, 1.82) is 0 Å². The van der Waals surface area contributed by atoms with Crippen molar-refractivity contribution in [2.24, 2.45) is 0 Å². The molecule has 0 saturated carbocycles. The summed E-state index contributed by atoms with van der Waals surface area (Å²) in [6, 6.07) is 9.95. The van der Waals surface area contributed by atoms with Crippen molar-refractivity contribution in [2.45, 2.75) is 4.90 Å². The van der Waals surface area contributed by atoms with Crippen LogP contribution < -0.4 is 10.0 Å². The lowest BCUT2D eigenvalue weighted by Gasteiger charge is -2.08. The molecule has 2 rings (SSSR count). The van der Waals surface area contributed by atoms with Gasteiger partial charge in [0, 0.05) is 12.7 Å². The van der Waals surface area contributed by atoms with Crippen LogP contribution in [0.25, 0.3) is 0 Å². The Morgan fingerprint density at radius 2 is 1.84 bits per heavy atom. The number of amides is 1. The zero-order valence-electron chi connectivity index (χ0n) is 10.1. The van der Waals surface area contributed by atoms with E-state index in [1.165, 1.54) is 13.1 Å². The van der Waals surface area contributed by atoms with Crippen molar-refractivity contribution in [2.75, 3.05) is 11.8 Å². The fourth-order valence-corrected chi connectivity index (χ4v) is 3.94. The van der Waals surface area contributed by atoms with Gasteiger partial charge in [-0.1, -0.05) is 18.2 Å². The van der Waals surface area contributed by atoms with E-state index in [9.17, 15) is 13.2 Å². The fourth-order valence-electron chi connectivity index (χ4n) is 1.50. The number of rotatable bonds is 4. The van der Waals surface area contributed by atoms with Gasteiger partial charge in [0.2, 0.25) is 0 Å². The Kier molecular flexibility index (Phi) is 3.87. The Bertz CT molecular complexity index is 678. The van der Waals surface area contributed by atoms with Gasteiger partial charge in [0.05, 0.1) is 0 Å². The number of hydrogen-bond donors (Lipinski definition) is 2. The van der Waals surface area contributed by atoms with E-state index in [0.29, 0.717) is 5.69 Å². The lowest BCUT2D eigenvalue weighted by Crippen LogP contribution is -2.21. The summed E-state index contributed by atoms with van der Waals surface area (Å²) >= 11 is 1.09. The van der Waals surface area contributed by atoms with Crippen LogP contribution in [0.4, 0.5) is 5.69 Å². The molecular formula is C12H12N2O3S2. The molecule has 0 fully saturated rings. The number of hydrogen-bond acceptors (Lipinski definition) is 4. The minimum absolute atomic E-state index is 0.0132. The number of carbonyl (C=O) groups excluding carboxylic acids is 1. The maximum absolute atomic E-state index is 12.2. The molecule has 0 atom stereocenters. The van der Waals surface area contributed by atoms with Crippen molar-refractivity contribution in [3.63, 3.8) is 0 Å². The van der Waals surface area contributed by atoms with Gasteiger partial charge in [-0.2, -0.15) is 0 Å². The third-order valence-electron chi connectivity index (χ3n) is 2.38. The van der Waals surface area contributed by atoms with Crippen LogP contribution in [0.2, 0.25) is 0 Å². The largest absolute Gasteiger partial charge is 0.354 e. The third kappa shape index (κ3) is 2.94. The molecule has 2 N–H and O–H groups in total. The summed E-state index contributed by atoms with van der Waals surface area (Å²) in [4.78, 5) is 11.8. The fraction of sp³-hybridized carbons (Fsp3) is 0.0833. The molecule has 0 spiro atoms. The second kappa shape index (κ2) is 5.41. The van der Waals surface area contributed by atoms with Gasteiger partial charge in [-0.25, -0.2) is 8.42 Å². The average Bonchev–Trinajstić information content (AvgIpc) is 2.88. The van der Waals surface area contributed by atoms with Crippen LogP contribution in [0.3, 0.4) is 0 Å². The van der Waals surface area contributed by atoms with E-state index in [-0.39, 0.29) is 9.77 Å². The molecule has 0 radical (unpaired) electrons. The number of benzene rings is 1. The van der Waals surface area contributed by atoms with Gasteiger partial charge in [0.1, 0.15) is 9.77 Å². The average molecular weight is 296 g/mol. The number of anilines is 1. The van der Waals surface area contributed by atoms with Gasteiger partial charge < -0.3 is 5.32 Å². The normalized spacial score (nSPS) is 11.0. The molecule has 1 aromatic heterocycles. The van der Waals surface area contributed by atoms with Crippen LogP contribution in [0.15, 0.2) is 46.7 Å². The van der Waals surface area contributed by atoms with E-state index in [2.05, 4.69) is 10.0 Å². The Hall–Kier alpha value is -1.86. The predicted molar refractivity (Wildman–Crippen MR) is 75.0 cm³/mol. The Morgan fingerprint density at radius 1 is 1.16 bits per heavy atom. The lowest BCUT2D eigenvalue weighted by atomic mass is 10.3. The Balaban J connectivity index is 2.36. The molecule has 0 unspecified atom stereocenters. The van der Waals surface area contributed by atoms with Gasteiger partial charge in [-0.3, -0.25) is 9.52 Å². The van der Waals surface area contributed by atoms with Crippen LogP contribution in [-0.4, -0.2) is 21.4 Å². The highest BCUT2D eigenvalue weighted by atomic mass is 32.2. The van der Waals surface area contributed by atoms with Crippen LogP contribution in [0, 0.1) is 0 Å². The first-order valence-corrected chi connectivity index (χ1v) is 7.78. The SMILES string of the molecule is CNC(=O)c1sccc1S(=O)(=O)Nc1ccccc1. The van der Waals surface area contributed by atoms with E-state index in [1.54, 1.807) is 35.7 Å². The van der Waals surface area contributed by atoms with E-state index in [1.807, 2.05) is 0 Å². The number of para-hydroxylation sites is 1. The van der Waals surface area contributed by atoms with Gasteiger partial charge in [0.25, 0.3) is 15.9 Å². The lowest BCUT2D eigenvalue weighted by molar-refractivity contribution is 0.0964. The highest BCUT2D eigenvalue weighted by molar-refractivity contribution is 7.93. The molecule has 0 aliphatic heterocycles. The summed E-state index contributed by atoms with van der Waals surface area (Å²) in [5, 5.41) is 4.00. The van der Waals surface area contributed by atoms with Gasteiger partial charge in [0.15, 0.2) is 0 Å². The van der Waals surface area contributed by atoms with E-state index in [4.69, 9.17) is 0 Å². The zero-order valence-corrected chi connectivity index (χ0v) is 11.7. The summed E-state index contributed by atoms with van der Waals surface area (Å²) in [6.45, 7) is 0. The minimum atomic E-state index is -3.76. The van der Waals surface area contributed by atoms with Crippen molar-refractivity contribution < 1.29 is 13.2 Å². The van der Waals surface area contributed by atoms with Crippen molar-refractivity contribution in [3.8, 4) is 0 Å². The number of nitrogens with one attached hydrogen (secondary N) is 2. The molecule has 7 heteroatoms.